The van der Waals surface area contributed by atoms with Gasteiger partial charge < -0.3 is 19.4 Å². The number of rotatable bonds is 5. The van der Waals surface area contributed by atoms with Gasteiger partial charge in [0.15, 0.2) is 0 Å². The molecule has 2 fully saturated rings. The molecule has 0 amide bonds. The molecule has 1 atom stereocenters. The van der Waals surface area contributed by atoms with Crippen LogP contribution in [0.15, 0.2) is 12.4 Å². The molecule has 0 saturated carbocycles. The Morgan fingerprint density at radius 3 is 2.59 bits per heavy atom. The Labute approximate surface area is 133 Å². The van der Waals surface area contributed by atoms with Gasteiger partial charge in [0.1, 0.15) is 0 Å². The molecular formula is C16H27N5O. The topological polar surface area (TPSA) is 44.7 Å². The average Bonchev–Trinajstić information content (AvgIpc) is 2.94. The van der Waals surface area contributed by atoms with E-state index in [1.54, 1.807) is 0 Å². The van der Waals surface area contributed by atoms with Crippen LogP contribution in [0.25, 0.3) is 0 Å². The van der Waals surface area contributed by atoms with E-state index in [4.69, 9.17) is 4.74 Å². The molecule has 0 aliphatic carbocycles. The fourth-order valence-electron chi connectivity index (χ4n) is 3.35. The molecule has 0 radical (unpaired) electrons. The third-order valence-electron chi connectivity index (χ3n) is 4.50. The van der Waals surface area contributed by atoms with Crippen LogP contribution in [0.2, 0.25) is 0 Å². The van der Waals surface area contributed by atoms with E-state index in [1.165, 1.54) is 25.1 Å². The van der Waals surface area contributed by atoms with Crippen molar-refractivity contribution in [3.8, 4) is 0 Å². The minimum Gasteiger partial charge on any atom is -0.378 e. The van der Waals surface area contributed by atoms with Gasteiger partial charge in [-0.15, -0.1) is 0 Å². The van der Waals surface area contributed by atoms with Gasteiger partial charge in [-0.2, -0.15) is 0 Å². The first-order valence-electron chi connectivity index (χ1n) is 8.21. The Balaban J connectivity index is 1.49. The zero-order valence-corrected chi connectivity index (χ0v) is 13.7. The van der Waals surface area contributed by atoms with Crippen molar-refractivity contribution in [3.63, 3.8) is 0 Å². The summed E-state index contributed by atoms with van der Waals surface area (Å²) in [6, 6.07) is 0. The van der Waals surface area contributed by atoms with Gasteiger partial charge >= 0.3 is 0 Å². The lowest BCUT2D eigenvalue weighted by Crippen LogP contribution is -2.37. The van der Waals surface area contributed by atoms with Crippen LogP contribution in [0, 0.1) is 5.92 Å². The lowest BCUT2D eigenvalue weighted by Gasteiger charge is -2.26. The van der Waals surface area contributed by atoms with Crippen LogP contribution in [-0.2, 0) is 11.3 Å². The summed E-state index contributed by atoms with van der Waals surface area (Å²) in [5, 5.41) is 0. The highest BCUT2D eigenvalue weighted by molar-refractivity contribution is 5.30. The highest BCUT2D eigenvalue weighted by atomic mass is 16.5. The smallest absolute Gasteiger partial charge is 0.225 e. The molecule has 0 N–H and O–H groups in total. The highest BCUT2D eigenvalue weighted by Gasteiger charge is 2.20. The maximum absolute atomic E-state index is 5.36. The number of anilines is 1. The fraction of sp³-hybridized carbons (Fsp3) is 0.750. The number of likely N-dealkylation sites (tertiary alicyclic amines) is 1. The molecule has 1 aromatic rings. The molecular weight excluding hydrogens is 278 g/mol. The van der Waals surface area contributed by atoms with E-state index in [0.29, 0.717) is 0 Å². The van der Waals surface area contributed by atoms with Gasteiger partial charge in [-0.1, -0.05) is 0 Å². The first-order valence-corrected chi connectivity index (χ1v) is 8.21. The Bertz CT molecular complexity index is 460. The van der Waals surface area contributed by atoms with E-state index in [9.17, 15) is 0 Å². The van der Waals surface area contributed by atoms with Gasteiger partial charge in [-0.25, -0.2) is 9.97 Å². The van der Waals surface area contributed by atoms with E-state index < -0.39 is 0 Å². The Kier molecular flexibility index (Phi) is 5.23. The molecule has 1 aromatic heterocycles. The van der Waals surface area contributed by atoms with Gasteiger partial charge in [0.05, 0.1) is 13.2 Å². The van der Waals surface area contributed by atoms with Gasteiger partial charge in [0.2, 0.25) is 5.95 Å². The zero-order chi connectivity index (χ0) is 15.4. The minimum absolute atomic E-state index is 0.768. The van der Waals surface area contributed by atoms with Crippen molar-refractivity contribution in [3.05, 3.63) is 18.0 Å². The number of morpholine rings is 1. The molecule has 3 heterocycles. The Hall–Kier alpha value is -1.24. The summed E-state index contributed by atoms with van der Waals surface area (Å²) in [7, 11) is 4.40. The lowest BCUT2D eigenvalue weighted by atomic mass is 10.1. The summed E-state index contributed by atoms with van der Waals surface area (Å²) in [6.45, 7) is 7.82. The molecule has 6 nitrogen and oxygen atoms in total. The monoisotopic (exact) mass is 305 g/mol. The molecule has 3 rings (SSSR count). The van der Waals surface area contributed by atoms with Gasteiger partial charge in [-0.05, 0) is 33.0 Å². The van der Waals surface area contributed by atoms with Crippen molar-refractivity contribution < 1.29 is 4.74 Å². The first-order chi connectivity index (χ1) is 10.7. The molecule has 0 bridgehead atoms. The summed E-state index contributed by atoms with van der Waals surface area (Å²) in [6.07, 6.45) is 5.25. The van der Waals surface area contributed by atoms with Crippen molar-refractivity contribution >= 4 is 5.95 Å². The van der Waals surface area contributed by atoms with Gasteiger partial charge in [-0.3, -0.25) is 0 Å². The van der Waals surface area contributed by atoms with Crippen LogP contribution in [0.4, 0.5) is 5.95 Å². The Morgan fingerprint density at radius 1 is 1.23 bits per heavy atom. The highest BCUT2D eigenvalue weighted by Crippen LogP contribution is 2.16. The minimum atomic E-state index is 0.768. The lowest BCUT2D eigenvalue weighted by molar-refractivity contribution is 0.122. The number of nitrogens with zero attached hydrogens (tertiary/aromatic N) is 5. The summed E-state index contributed by atoms with van der Waals surface area (Å²) in [5.41, 5.74) is 1.19. The SMILES string of the molecule is CN1CCC(CN(C)Cc2cnc(N3CCOCC3)nc2)C1. The number of hydrogen-bond donors (Lipinski definition) is 0. The van der Waals surface area contributed by atoms with E-state index in [2.05, 4.69) is 38.8 Å². The van der Waals surface area contributed by atoms with Crippen LogP contribution >= 0.6 is 0 Å². The Morgan fingerprint density at radius 2 is 1.95 bits per heavy atom. The quantitative estimate of drug-likeness (QED) is 0.798. The maximum atomic E-state index is 5.36. The van der Waals surface area contributed by atoms with Crippen molar-refractivity contribution in [1.82, 2.24) is 19.8 Å². The predicted molar refractivity (Wildman–Crippen MR) is 87.0 cm³/mol. The zero-order valence-electron chi connectivity index (χ0n) is 13.7. The van der Waals surface area contributed by atoms with Crippen LogP contribution in [0.5, 0.6) is 0 Å². The average molecular weight is 305 g/mol. The molecule has 122 valence electrons. The van der Waals surface area contributed by atoms with Gasteiger partial charge in [0.25, 0.3) is 0 Å². The van der Waals surface area contributed by atoms with Crippen LogP contribution in [-0.4, -0.2) is 79.8 Å². The predicted octanol–water partition coefficient (Wildman–Crippen LogP) is 0.697. The molecule has 0 spiro atoms. The molecule has 2 saturated heterocycles. The summed E-state index contributed by atoms with van der Waals surface area (Å²) in [4.78, 5) is 16.0. The van der Waals surface area contributed by atoms with Crippen molar-refractivity contribution in [1.29, 1.82) is 0 Å². The largest absolute Gasteiger partial charge is 0.378 e. The molecule has 22 heavy (non-hydrogen) atoms. The second kappa shape index (κ2) is 7.35. The third kappa shape index (κ3) is 4.15. The second-order valence-electron chi connectivity index (χ2n) is 6.60. The standard InChI is InChI=1S/C16H27N5O/c1-19-4-3-14(11-19)12-20(2)13-15-9-17-16(18-10-15)21-5-7-22-8-6-21/h9-10,14H,3-8,11-13H2,1-2H3. The molecule has 2 aliphatic heterocycles. The molecule has 0 aromatic carbocycles. The molecule has 1 unspecified atom stereocenters. The van der Waals surface area contributed by atoms with E-state index in [1.807, 2.05) is 12.4 Å². The third-order valence-corrected chi connectivity index (χ3v) is 4.50. The van der Waals surface area contributed by atoms with Crippen LogP contribution in [0.3, 0.4) is 0 Å². The summed E-state index contributed by atoms with van der Waals surface area (Å²) < 4.78 is 5.36. The van der Waals surface area contributed by atoms with E-state index in [0.717, 1.165) is 51.3 Å². The summed E-state index contributed by atoms with van der Waals surface area (Å²) >= 11 is 0. The van der Waals surface area contributed by atoms with E-state index >= 15 is 0 Å². The van der Waals surface area contributed by atoms with Crippen molar-refractivity contribution in [2.45, 2.75) is 13.0 Å². The first kappa shape index (κ1) is 15.6. The normalized spacial score (nSPS) is 23.4. The molecule has 6 heteroatoms. The second-order valence-corrected chi connectivity index (χ2v) is 6.60. The number of hydrogen-bond acceptors (Lipinski definition) is 6. The number of ether oxygens (including phenoxy) is 1. The number of aromatic nitrogens is 2. The van der Waals surface area contributed by atoms with Crippen LogP contribution < -0.4 is 4.90 Å². The fourth-order valence-corrected chi connectivity index (χ4v) is 3.35. The van der Waals surface area contributed by atoms with Gasteiger partial charge in [0, 0.05) is 50.7 Å². The van der Waals surface area contributed by atoms with Crippen LogP contribution in [0.1, 0.15) is 12.0 Å². The van der Waals surface area contributed by atoms with Crippen molar-refractivity contribution in [2.24, 2.45) is 5.92 Å². The molecule has 2 aliphatic rings. The summed E-state index contributed by atoms with van der Waals surface area (Å²) in [5.74, 6) is 1.62. The maximum Gasteiger partial charge on any atom is 0.225 e. The van der Waals surface area contributed by atoms with Crippen molar-refractivity contribution in [2.75, 3.05) is 64.9 Å². The van der Waals surface area contributed by atoms with E-state index in [-0.39, 0.29) is 0 Å².